The molecule has 0 fully saturated rings. The number of nitrogens with zero attached hydrogens (tertiary/aromatic N) is 4. The number of benzene rings is 8. The first-order valence-corrected chi connectivity index (χ1v) is 18.9. The van der Waals surface area contributed by atoms with Gasteiger partial charge in [0.1, 0.15) is 0 Å². The van der Waals surface area contributed by atoms with E-state index in [0.29, 0.717) is 33.8 Å². The van der Waals surface area contributed by atoms with Crippen LogP contribution < -0.4 is 4.90 Å². The average molecular weight is 743 g/mol. The standard InChI is InChI=1S/C52H30N4O2/c1-54-39-20-9-19-38(30-39)41-22-11-25-46-49(41)48-40(37-18-8-13-33(29-37)32-53)21-10-24-45(48)55(46)47-26-12-23-42-50(47)52(58)56(51(42)57)44-28-27-36(34-14-4-2-5-15-34)31-43(44)35-16-6-3-7-17-35/h2-31H. The van der Waals surface area contributed by atoms with Crippen LogP contribution in [-0.4, -0.2) is 16.4 Å². The van der Waals surface area contributed by atoms with Crippen molar-refractivity contribution in [3.63, 3.8) is 0 Å². The molecule has 0 aliphatic carbocycles. The molecule has 9 aromatic rings. The van der Waals surface area contributed by atoms with E-state index >= 15 is 4.79 Å². The second-order valence-corrected chi connectivity index (χ2v) is 14.2. The molecule has 0 saturated heterocycles. The summed E-state index contributed by atoms with van der Waals surface area (Å²) in [7, 11) is 0. The van der Waals surface area contributed by atoms with E-state index in [2.05, 4.69) is 15.5 Å². The molecule has 0 radical (unpaired) electrons. The molecule has 1 aliphatic heterocycles. The average Bonchev–Trinajstić information content (AvgIpc) is 3.77. The van der Waals surface area contributed by atoms with Crippen molar-refractivity contribution in [1.29, 1.82) is 5.26 Å². The molecule has 58 heavy (non-hydrogen) atoms. The highest BCUT2D eigenvalue weighted by Gasteiger charge is 2.40. The molecule has 10 rings (SSSR count). The number of carbonyl (C=O) groups excluding carboxylic acids is 2. The predicted molar refractivity (Wildman–Crippen MR) is 231 cm³/mol. The third kappa shape index (κ3) is 5.40. The third-order valence-electron chi connectivity index (χ3n) is 11.0. The highest BCUT2D eigenvalue weighted by molar-refractivity contribution is 6.36. The normalized spacial score (nSPS) is 12.1. The second kappa shape index (κ2) is 13.8. The highest BCUT2D eigenvalue weighted by atomic mass is 16.2. The van der Waals surface area contributed by atoms with Gasteiger partial charge >= 0.3 is 0 Å². The summed E-state index contributed by atoms with van der Waals surface area (Å²) in [6.45, 7) is 7.73. The number of aromatic nitrogens is 1. The molecule has 0 unspecified atom stereocenters. The van der Waals surface area contributed by atoms with Crippen LogP contribution in [0, 0.1) is 17.9 Å². The first-order valence-electron chi connectivity index (χ1n) is 18.9. The number of fused-ring (bicyclic) bond motifs is 4. The van der Waals surface area contributed by atoms with E-state index in [-0.39, 0.29) is 0 Å². The van der Waals surface area contributed by atoms with Crippen molar-refractivity contribution in [3.05, 3.63) is 210 Å². The fraction of sp³-hybridized carbons (Fsp3) is 0. The maximum atomic E-state index is 15.1. The van der Waals surface area contributed by atoms with Crippen molar-refractivity contribution >= 4 is 45.0 Å². The maximum absolute atomic E-state index is 15.1. The predicted octanol–water partition coefficient (Wildman–Crippen LogP) is 12.7. The van der Waals surface area contributed by atoms with Gasteiger partial charge in [0.05, 0.1) is 51.7 Å². The lowest BCUT2D eigenvalue weighted by molar-refractivity contribution is 0.0926. The number of rotatable bonds is 6. The second-order valence-electron chi connectivity index (χ2n) is 14.2. The Morgan fingerprint density at radius 2 is 1.05 bits per heavy atom. The number of nitriles is 1. The van der Waals surface area contributed by atoms with Gasteiger partial charge < -0.3 is 4.57 Å². The van der Waals surface area contributed by atoms with Gasteiger partial charge in [-0.15, -0.1) is 0 Å². The van der Waals surface area contributed by atoms with Crippen molar-refractivity contribution in [2.24, 2.45) is 0 Å². The summed E-state index contributed by atoms with van der Waals surface area (Å²) in [6.07, 6.45) is 0. The number of hydrogen-bond acceptors (Lipinski definition) is 3. The number of hydrogen-bond donors (Lipinski definition) is 0. The van der Waals surface area contributed by atoms with E-state index < -0.39 is 11.8 Å². The Morgan fingerprint density at radius 1 is 0.466 bits per heavy atom. The number of amides is 2. The molecule has 270 valence electrons. The molecule has 6 heteroatoms. The number of carbonyl (C=O) groups is 2. The minimum absolute atomic E-state index is 0.315. The van der Waals surface area contributed by atoms with Crippen molar-refractivity contribution in [1.82, 2.24) is 4.57 Å². The molecule has 0 N–H and O–H groups in total. The van der Waals surface area contributed by atoms with Gasteiger partial charge in [-0.2, -0.15) is 5.26 Å². The van der Waals surface area contributed by atoms with E-state index in [9.17, 15) is 10.1 Å². The van der Waals surface area contributed by atoms with Crippen LogP contribution in [0.1, 0.15) is 26.3 Å². The first-order chi connectivity index (χ1) is 28.5. The molecular formula is C52H30N4O2. The molecule has 1 aliphatic rings. The summed E-state index contributed by atoms with van der Waals surface area (Å²) in [5.74, 6) is -0.799. The van der Waals surface area contributed by atoms with E-state index in [1.54, 1.807) is 18.2 Å². The molecule has 1 aromatic heterocycles. The van der Waals surface area contributed by atoms with Crippen LogP contribution in [0.15, 0.2) is 182 Å². The molecule has 0 atom stereocenters. The zero-order valence-corrected chi connectivity index (χ0v) is 30.9. The van der Waals surface area contributed by atoms with Crippen molar-refractivity contribution < 1.29 is 9.59 Å². The molecule has 6 nitrogen and oxygen atoms in total. The van der Waals surface area contributed by atoms with Gasteiger partial charge in [0.15, 0.2) is 5.69 Å². The first kappa shape index (κ1) is 34.2. The lowest BCUT2D eigenvalue weighted by Crippen LogP contribution is -2.30. The van der Waals surface area contributed by atoms with E-state index in [4.69, 9.17) is 6.57 Å². The van der Waals surface area contributed by atoms with Crippen molar-refractivity contribution in [2.45, 2.75) is 0 Å². The molecule has 2 amide bonds. The van der Waals surface area contributed by atoms with Crippen LogP contribution in [0.2, 0.25) is 0 Å². The van der Waals surface area contributed by atoms with Gasteiger partial charge in [-0.1, -0.05) is 127 Å². The monoisotopic (exact) mass is 742 g/mol. The third-order valence-corrected chi connectivity index (χ3v) is 11.0. The Morgan fingerprint density at radius 3 is 1.72 bits per heavy atom. The minimum atomic E-state index is -0.408. The minimum Gasteiger partial charge on any atom is -0.308 e. The van der Waals surface area contributed by atoms with Crippen LogP contribution in [0.4, 0.5) is 11.4 Å². The Labute approximate surface area is 334 Å². The van der Waals surface area contributed by atoms with Gasteiger partial charge in [0.2, 0.25) is 0 Å². The Bertz CT molecular complexity index is 3130. The lowest BCUT2D eigenvalue weighted by Gasteiger charge is -2.20. The van der Waals surface area contributed by atoms with Gasteiger partial charge in [0, 0.05) is 16.3 Å². The zero-order valence-electron chi connectivity index (χ0n) is 30.9. The summed E-state index contributed by atoms with van der Waals surface area (Å²) < 4.78 is 2.08. The van der Waals surface area contributed by atoms with Gasteiger partial charge in [-0.25, -0.2) is 9.74 Å². The molecule has 0 bridgehead atoms. The maximum Gasteiger partial charge on any atom is 0.268 e. The quantitative estimate of drug-likeness (QED) is 0.126. The van der Waals surface area contributed by atoms with Crippen LogP contribution in [0.25, 0.3) is 76.8 Å². The van der Waals surface area contributed by atoms with Crippen LogP contribution >= 0.6 is 0 Å². The lowest BCUT2D eigenvalue weighted by atomic mass is 9.94. The van der Waals surface area contributed by atoms with Crippen molar-refractivity contribution in [3.8, 4) is 56.3 Å². The Hall–Kier alpha value is -8.32. The molecular weight excluding hydrogens is 713 g/mol. The van der Waals surface area contributed by atoms with Crippen LogP contribution in [-0.2, 0) is 0 Å². The summed E-state index contributed by atoms with van der Waals surface area (Å²) in [6, 6.07) is 60.7. The fourth-order valence-electron chi connectivity index (χ4n) is 8.41. The highest BCUT2D eigenvalue weighted by Crippen LogP contribution is 2.46. The van der Waals surface area contributed by atoms with Gasteiger partial charge in [-0.3, -0.25) is 9.59 Å². The van der Waals surface area contributed by atoms with E-state index in [1.807, 2.05) is 164 Å². The smallest absolute Gasteiger partial charge is 0.268 e. The summed E-state index contributed by atoms with van der Waals surface area (Å²) in [5.41, 5.74) is 11.7. The molecule has 8 aromatic carbocycles. The largest absolute Gasteiger partial charge is 0.308 e. The van der Waals surface area contributed by atoms with E-state index in [0.717, 1.165) is 66.3 Å². The zero-order chi connectivity index (χ0) is 39.3. The number of imide groups is 1. The summed E-state index contributed by atoms with van der Waals surface area (Å²) in [4.78, 5) is 34.8. The Balaban J connectivity index is 1.22. The van der Waals surface area contributed by atoms with Crippen LogP contribution in [0.5, 0.6) is 0 Å². The van der Waals surface area contributed by atoms with Gasteiger partial charge in [0.25, 0.3) is 11.8 Å². The topological polar surface area (TPSA) is 70.5 Å². The molecule has 0 saturated carbocycles. The van der Waals surface area contributed by atoms with Crippen molar-refractivity contribution in [2.75, 3.05) is 4.90 Å². The van der Waals surface area contributed by atoms with Gasteiger partial charge in [-0.05, 0) is 93.5 Å². The number of anilines is 1. The summed E-state index contributed by atoms with van der Waals surface area (Å²) in [5, 5.41) is 11.7. The summed E-state index contributed by atoms with van der Waals surface area (Å²) >= 11 is 0. The molecule has 2 heterocycles. The van der Waals surface area contributed by atoms with E-state index in [1.165, 1.54) is 4.90 Å². The Kier molecular flexibility index (Phi) is 8.11. The fourth-order valence-corrected chi connectivity index (χ4v) is 8.41. The molecule has 0 spiro atoms. The SMILES string of the molecule is [C-]#[N+]c1cccc(-c2cccc3c2c2c(-c4cccc(C#N)c4)cccc2n3-c2cccc3c2C(=O)N(c2ccc(-c4ccccc4)cc2-c2ccccc2)C3=O)c1. The van der Waals surface area contributed by atoms with Crippen LogP contribution in [0.3, 0.4) is 0 Å².